The molecule has 0 radical (unpaired) electrons. The Hall–Kier alpha value is -4.76. The average molecular weight is 582 g/mol. The Morgan fingerprint density at radius 2 is 2.12 bits per heavy atom. The quantitative estimate of drug-likeness (QED) is 0.267. The smallest absolute Gasteiger partial charge is 0.255 e. The number of aromatic nitrogens is 6. The molecule has 0 bridgehead atoms. The minimum atomic E-state index is -0.702. The molecule has 0 saturated heterocycles. The van der Waals surface area contributed by atoms with Crippen LogP contribution in [0.15, 0.2) is 42.7 Å². The first-order chi connectivity index (χ1) is 20.9. The summed E-state index contributed by atoms with van der Waals surface area (Å²) in [5, 5.41) is 10.3. The van der Waals surface area contributed by atoms with E-state index >= 15 is 0 Å². The molecule has 1 saturated carbocycles. The molecule has 4 aromatic heterocycles. The van der Waals surface area contributed by atoms with E-state index in [9.17, 15) is 14.4 Å². The number of amides is 1. The second kappa shape index (κ2) is 10.8. The number of carbonyl (C=O) groups is 1. The number of rotatable bonds is 10. The van der Waals surface area contributed by atoms with Crippen LogP contribution in [0.25, 0.3) is 33.6 Å². The van der Waals surface area contributed by atoms with Crippen molar-refractivity contribution in [2.45, 2.75) is 38.4 Å². The van der Waals surface area contributed by atoms with Gasteiger partial charge in [-0.2, -0.15) is 5.26 Å². The highest BCUT2D eigenvalue weighted by atomic mass is 19.1. The fraction of sp³-hybridized carbons (Fsp3) is 0.387. The molecule has 1 aliphatic heterocycles. The van der Waals surface area contributed by atoms with Gasteiger partial charge in [0.1, 0.15) is 30.6 Å². The maximum Gasteiger partial charge on any atom is 0.255 e. The van der Waals surface area contributed by atoms with Gasteiger partial charge in [-0.25, -0.2) is 19.3 Å². The van der Waals surface area contributed by atoms with Gasteiger partial charge in [-0.15, -0.1) is 0 Å². The van der Waals surface area contributed by atoms with Crippen molar-refractivity contribution in [3.8, 4) is 23.3 Å². The molecule has 11 nitrogen and oxygen atoms in total. The van der Waals surface area contributed by atoms with Crippen LogP contribution in [0.5, 0.6) is 5.75 Å². The summed E-state index contributed by atoms with van der Waals surface area (Å²) in [6.45, 7) is 1.69. The Morgan fingerprint density at radius 1 is 1.26 bits per heavy atom. The van der Waals surface area contributed by atoms with Crippen LogP contribution >= 0.6 is 0 Å². The molecule has 1 atom stereocenters. The molecule has 5 heterocycles. The normalized spacial score (nSPS) is 15.7. The topological polar surface area (TPSA) is 133 Å². The number of benzene rings is 1. The van der Waals surface area contributed by atoms with E-state index in [-0.39, 0.29) is 12.5 Å². The summed E-state index contributed by atoms with van der Waals surface area (Å²) in [7, 11) is 1.95. The summed E-state index contributed by atoms with van der Waals surface area (Å²) in [6, 6.07) is 11.4. The van der Waals surface area contributed by atoms with Crippen molar-refractivity contribution in [3.63, 3.8) is 0 Å². The van der Waals surface area contributed by atoms with Crippen molar-refractivity contribution >= 4 is 28.0 Å². The number of nitrogens with two attached hydrogens (primary N) is 1. The molecule has 1 aromatic carbocycles. The van der Waals surface area contributed by atoms with E-state index in [1.54, 1.807) is 21.9 Å². The van der Waals surface area contributed by atoms with Gasteiger partial charge in [0.2, 0.25) is 5.82 Å². The lowest BCUT2D eigenvalue weighted by Crippen LogP contribution is -2.45. The van der Waals surface area contributed by atoms with Crippen LogP contribution in [0.1, 0.15) is 34.7 Å². The Balaban J connectivity index is 1.26. The number of halogens is 1. The monoisotopic (exact) mass is 581 g/mol. The minimum Gasteiger partial charge on any atom is -0.490 e. The van der Waals surface area contributed by atoms with Crippen molar-refractivity contribution in [2.24, 2.45) is 18.7 Å². The number of hydrogen-bond donors (Lipinski definition) is 1. The molecule has 1 aliphatic carbocycles. The van der Waals surface area contributed by atoms with Crippen molar-refractivity contribution in [2.75, 3.05) is 26.4 Å². The van der Waals surface area contributed by atoms with E-state index in [1.165, 1.54) is 12.8 Å². The number of hydrogen-bond acceptors (Lipinski definition) is 7. The van der Waals surface area contributed by atoms with Crippen LogP contribution in [-0.2, 0) is 26.6 Å². The van der Waals surface area contributed by atoms with Crippen LogP contribution in [0.2, 0.25) is 0 Å². The molecular weight excluding hydrogens is 549 g/mol. The summed E-state index contributed by atoms with van der Waals surface area (Å²) in [5.74, 6) is 2.29. The third-order valence-electron chi connectivity index (χ3n) is 8.37. The zero-order valence-electron chi connectivity index (χ0n) is 23.9. The largest absolute Gasteiger partial charge is 0.490 e. The number of imidazole rings is 2. The zero-order valence-corrected chi connectivity index (χ0v) is 23.9. The SMILES string of the molecule is Cn1c(-c2cc3cccc(OCCn4ccnc4C#N)c3n2CC2CC2)nc2cc3c(nc21)CCN(C[C@H](N)CF)C3=O. The Kier molecular flexibility index (Phi) is 6.82. The minimum absolute atomic E-state index is 0.174. The van der Waals surface area contributed by atoms with Gasteiger partial charge in [-0.05, 0) is 37.0 Å². The van der Waals surface area contributed by atoms with E-state index in [1.807, 2.05) is 29.8 Å². The van der Waals surface area contributed by atoms with Gasteiger partial charge in [0.15, 0.2) is 11.5 Å². The van der Waals surface area contributed by atoms with Gasteiger partial charge < -0.3 is 29.1 Å². The molecular formula is C31H32FN9O2. The summed E-state index contributed by atoms with van der Waals surface area (Å²) in [6.07, 6.45) is 6.33. The molecule has 0 unspecified atom stereocenters. The van der Waals surface area contributed by atoms with E-state index in [2.05, 4.69) is 27.8 Å². The average Bonchev–Trinajstić information content (AvgIpc) is 3.45. The fourth-order valence-electron chi connectivity index (χ4n) is 5.97. The standard InChI is InChI=1S/C31H32FN9O2/c1-38-29-24(14-22-23(36-29)7-9-40(31(22)42)18-21(34)15-32)37-30(38)25-13-20-3-2-4-26(28(20)41(25)17-19-5-6-19)43-12-11-39-10-8-35-27(39)16-33/h2-4,8,10,13-14,19,21H,5-7,9,11-12,15,17-18,34H2,1H3/t21-/m1/s1. The predicted molar refractivity (Wildman–Crippen MR) is 158 cm³/mol. The Morgan fingerprint density at radius 3 is 2.91 bits per heavy atom. The number of fused-ring (bicyclic) bond motifs is 3. The zero-order chi connectivity index (χ0) is 29.7. The van der Waals surface area contributed by atoms with Crippen molar-refractivity contribution < 1.29 is 13.9 Å². The van der Waals surface area contributed by atoms with E-state index < -0.39 is 12.7 Å². The summed E-state index contributed by atoms with van der Waals surface area (Å²) < 4.78 is 25.4. The number of carbonyl (C=O) groups excluding carboxylic acids is 1. The number of para-hydroxylation sites is 1. The van der Waals surface area contributed by atoms with Crippen molar-refractivity contribution in [1.29, 1.82) is 5.26 Å². The first-order valence-electron chi connectivity index (χ1n) is 14.6. The van der Waals surface area contributed by atoms with Gasteiger partial charge in [-0.3, -0.25) is 4.79 Å². The van der Waals surface area contributed by atoms with E-state index in [4.69, 9.17) is 20.4 Å². The molecule has 1 fully saturated rings. The highest BCUT2D eigenvalue weighted by Crippen LogP contribution is 2.39. The molecule has 7 rings (SSSR count). The van der Waals surface area contributed by atoms with Crippen molar-refractivity contribution in [3.05, 3.63) is 59.8 Å². The van der Waals surface area contributed by atoms with Crippen LogP contribution < -0.4 is 10.5 Å². The molecule has 220 valence electrons. The Labute approximate surface area is 247 Å². The fourth-order valence-corrected chi connectivity index (χ4v) is 5.97. The van der Waals surface area contributed by atoms with E-state index in [0.29, 0.717) is 54.6 Å². The summed E-state index contributed by atoms with van der Waals surface area (Å²) in [4.78, 5) is 28.8. The van der Waals surface area contributed by atoms with Crippen LogP contribution in [0.3, 0.4) is 0 Å². The van der Waals surface area contributed by atoms with Crippen LogP contribution in [0.4, 0.5) is 4.39 Å². The number of alkyl halides is 1. The third kappa shape index (κ3) is 4.89. The summed E-state index contributed by atoms with van der Waals surface area (Å²) in [5.41, 5.74) is 10.3. The number of ether oxygens (including phenoxy) is 1. The first-order valence-corrected chi connectivity index (χ1v) is 14.6. The lowest BCUT2D eigenvalue weighted by atomic mass is 10.0. The second-order valence-corrected chi connectivity index (χ2v) is 11.4. The maximum atomic E-state index is 13.2. The predicted octanol–water partition coefficient (Wildman–Crippen LogP) is 3.44. The van der Waals surface area contributed by atoms with Crippen LogP contribution in [-0.4, -0.2) is 71.9 Å². The molecule has 2 N–H and O–H groups in total. The van der Waals surface area contributed by atoms with Crippen molar-refractivity contribution in [1.82, 2.24) is 33.6 Å². The van der Waals surface area contributed by atoms with Gasteiger partial charge >= 0.3 is 0 Å². The molecule has 5 aromatic rings. The molecule has 0 spiro atoms. The lowest BCUT2D eigenvalue weighted by Gasteiger charge is -2.29. The number of pyridine rings is 1. The van der Waals surface area contributed by atoms with Gasteiger partial charge in [0.05, 0.1) is 35.1 Å². The maximum absolute atomic E-state index is 13.2. The number of nitrogens with zero attached hydrogens (tertiary/aromatic N) is 8. The van der Waals surface area contributed by atoms with Crippen LogP contribution in [0, 0.1) is 17.2 Å². The third-order valence-corrected chi connectivity index (χ3v) is 8.37. The highest BCUT2D eigenvalue weighted by Gasteiger charge is 2.30. The highest BCUT2D eigenvalue weighted by molar-refractivity contribution is 5.99. The molecule has 1 amide bonds. The molecule has 12 heteroatoms. The van der Waals surface area contributed by atoms with Gasteiger partial charge in [0, 0.05) is 50.9 Å². The first kappa shape index (κ1) is 27.1. The lowest BCUT2D eigenvalue weighted by molar-refractivity contribution is 0.0723. The summed E-state index contributed by atoms with van der Waals surface area (Å²) >= 11 is 0. The number of nitriles is 1. The second-order valence-electron chi connectivity index (χ2n) is 11.4. The number of aryl methyl sites for hydroxylation is 1. The van der Waals surface area contributed by atoms with E-state index in [0.717, 1.165) is 40.4 Å². The van der Waals surface area contributed by atoms with Gasteiger partial charge in [-0.1, -0.05) is 12.1 Å². The molecule has 2 aliphatic rings. The Bertz CT molecular complexity index is 1890. The molecule has 43 heavy (non-hydrogen) atoms. The van der Waals surface area contributed by atoms with Gasteiger partial charge in [0.25, 0.3) is 5.91 Å².